The Hall–Kier alpha value is -1.68. The fraction of sp³-hybridized carbons (Fsp3) is 0.167. The van der Waals surface area contributed by atoms with Crippen LogP contribution in [0.4, 0.5) is 4.39 Å². The summed E-state index contributed by atoms with van der Waals surface area (Å²) in [5, 5.41) is 0.599. The molecule has 0 aliphatic rings. The molecule has 1 aromatic carbocycles. The highest BCUT2D eigenvalue weighted by molar-refractivity contribution is 6.31. The third kappa shape index (κ3) is 2.36. The monoisotopic (exact) mass is 253 g/mol. The molecule has 0 aliphatic heterocycles. The average Bonchev–Trinajstić information content (AvgIpc) is 2.30. The van der Waals surface area contributed by atoms with E-state index in [1.807, 2.05) is 0 Å². The second kappa shape index (κ2) is 4.67. The van der Waals surface area contributed by atoms with Gasteiger partial charge in [-0.3, -0.25) is 4.98 Å². The van der Waals surface area contributed by atoms with Crippen LogP contribution in [0.2, 0.25) is 5.02 Å². The van der Waals surface area contributed by atoms with Gasteiger partial charge in [0.2, 0.25) is 0 Å². The van der Waals surface area contributed by atoms with Crippen molar-refractivity contribution in [3.8, 4) is 0 Å². The van der Waals surface area contributed by atoms with Crippen molar-refractivity contribution in [3.05, 3.63) is 40.8 Å². The number of rotatable bonds is 2. The van der Waals surface area contributed by atoms with E-state index in [1.165, 1.54) is 18.3 Å². The number of carbonyl (C=O) groups excluding carboxylic acids is 1. The van der Waals surface area contributed by atoms with Crippen molar-refractivity contribution in [3.63, 3.8) is 0 Å². The predicted molar refractivity (Wildman–Crippen MR) is 62.7 cm³/mol. The molecule has 0 saturated carbocycles. The van der Waals surface area contributed by atoms with Gasteiger partial charge in [-0.05, 0) is 19.1 Å². The van der Waals surface area contributed by atoms with E-state index in [0.29, 0.717) is 23.1 Å². The Balaban J connectivity index is 2.50. The summed E-state index contributed by atoms with van der Waals surface area (Å²) < 4.78 is 18.0. The molecule has 0 bridgehead atoms. The SMILES string of the molecule is CCOC(=O)c1cnc2cc(F)c(Cl)cc2c1. The quantitative estimate of drug-likeness (QED) is 0.772. The summed E-state index contributed by atoms with van der Waals surface area (Å²) in [6.07, 6.45) is 1.35. The topological polar surface area (TPSA) is 39.2 Å². The fourth-order valence-electron chi connectivity index (χ4n) is 1.45. The molecule has 0 N–H and O–H groups in total. The number of carbonyl (C=O) groups is 1. The molecule has 0 radical (unpaired) electrons. The van der Waals surface area contributed by atoms with E-state index in [4.69, 9.17) is 16.3 Å². The number of hydrogen-bond acceptors (Lipinski definition) is 3. The van der Waals surface area contributed by atoms with E-state index in [1.54, 1.807) is 13.0 Å². The Morgan fingerprint density at radius 1 is 1.47 bits per heavy atom. The molecule has 0 fully saturated rings. The number of esters is 1. The molecule has 2 rings (SSSR count). The Morgan fingerprint density at radius 3 is 2.94 bits per heavy atom. The van der Waals surface area contributed by atoms with Crippen molar-refractivity contribution in [2.75, 3.05) is 6.61 Å². The fourth-order valence-corrected chi connectivity index (χ4v) is 1.62. The normalized spacial score (nSPS) is 10.5. The Labute approximate surface area is 102 Å². The molecule has 5 heteroatoms. The van der Waals surface area contributed by atoms with Gasteiger partial charge in [0.05, 0.1) is 22.7 Å². The highest BCUT2D eigenvalue weighted by Crippen LogP contribution is 2.22. The zero-order chi connectivity index (χ0) is 12.4. The minimum Gasteiger partial charge on any atom is -0.462 e. The van der Waals surface area contributed by atoms with E-state index in [9.17, 15) is 9.18 Å². The van der Waals surface area contributed by atoms with Crippen LogP contribution in [0.3, 0.4) is 0 Å². The second-order valence-corrected chi connectivity index (χ2v) is 3.81. The van der Waals surface area contributed by atoms with Crippen molar-refractivity contribution >= 4 is 28.5 Å². The van der Waals surface area contributed by atoms with Crippen LogP contribution in [-0.4, -0.2) is 17.6 Å². The Bertz CT molecular complexity index is 586. The van der Waals surface area contributed by atoms with Gasteiger partial charge in [-0.15, -0.1) is 0 Å². The summed E-state index contributed by atoms with van der Waals surface area (Å²) in [5.74, 6) is -0.988. The maximum Gasteiger partial charge on any atom is 0.339 e. The van der Waals surface area contributed by atoms with Crippen LogP contribution >= 0.6 is 11.6 Å². The van der Waals surface area contributed by atoms with Crippen LogP contribution in [0.25, 0.3) is 10.9 Å². The number of nitrogens with zero attached hydrogens (tertiary/aromatic N) is 1. The first-order chi connectivity index (χ1) is 8.11. The highest BCUT2D eigenvalue weighted by atomic mass is 35.5. The van der Waals surface area contributed by atoms with E-state index in [-0.39, 0.29) is 5.02 Å². The number of halogens is 2. The second-order valence-electron chi connectivity index (χ2n) is 3.40. The lowest BCUT2D eigenvalue weighted by Gasteiger charge is -2.03. The van der Waals surface area contributed by atoms with Gasteiger partial charge in [-0.25, -0.2) is 9.18 Å². The lowest BCUT2D eigenvalue weighted by molar-refractivity contribution is 0.0526. The van der Waals surface area contributed by atoms with Gasteiger partial charge in [-0.1, -0.05) is 11.6 Å². The van der Waals surface area contributed by atoms with Crippen molar-refractivity contribution in [1.82, 2.24) is 4.98 Å². The Morgan fingerprint density at radius 2 is 2.24 bits per heavy atom. The number of benzene rings is 1. The molecule has 0 unspecified atom stereocenters. The first-order valence-corrected chi connectivity index (χ1v) is 5.41. The molecule has 2 aromatic rings. The van der Waals surface area contributed by atoms with E-state index in [2.05, 4.69) is 4.98 Å². The Kier molecular flexibility index (Phi) is 3.24. The summed E-state index contributed by atoms with van der Waals surface area (Å²) in [7, 11) is 0. The molecule has 0 aliphatic carbocycles. The lowest BCUT2D eigenvalue weighted by Crippen LogP contribution is -2.05. The first-order valence-electron chi connectivity index (χ1n) is 5.03. The van der Waals surface area contributed by atoms with Gasteiger partial charge >= 0.3 is 5.97 Å². The number of pyridine rings is 1. The molecule has 3 nitrogen and oxygen atoms in total. The van der Waals surface area contributed by atoms with Crippen molar-refractivity contribution < 1.29 is 13.9 Å². The van der Waals surface area contributed by atoms with Gasteiger partial charge in [0.1, 0.15) is 5.82 Å². The largest absolute Gasteiger partial charge is 0.462 e. The zero-order valence-electron chi connectivity index (χ0n) is 9.04. The predicted octanol–water partition coefficient (Wildman–Crippen LogP) is 3.20. The third-order valence-corrected chi connectivity index (χ3v) is 2.52. The smallest absolute Gasteiger partial charge is 0.339 e. The average molecular weight is 254 g/mol. The number of hydrogen-bond donors (Lipinski definition) is 0. The molecule has 0 saturated heterocycles. The molecule has 88 valence electrons. The minimum atomic E-state index is -0.532. The molecular weight excluding hydrogens is 245 g/mol. The third-order valence-electron chi connectivity index (χ3n) is 2.23. The lowest BCUT2D eigenvalue weighted by atomic mass is 10.1. The summed E-state index contributed by atoms with van der Waals surface area (Å²) >= 11 is 5.66. The molecule has 1 heterocycles. The summed E-state index contributed by atoms with van der Waals surface area (Å²) in [4.78, 5) is 15.5. The number of aromatic nitrogens is 1. The van der Waals surface area contributed by atoms with Crippen LogP contribution in [0.15, 0.2) is 24.4 Å². The maximum atomic E-state index is 13.2. The molecule has 1 aromatic heterocycles. The minimum absolute atomic E-state index is 0.000286. The standard InChI is InChI=1S/C12H9ClFNO2/c1-2-17-12(16)8-3-7-4-9(13)10(14)5-11(7)15-6-8/h3-6H,2H2,1H3. The molecule has 0 spiro atoms. The van der Waals surface area contributed by atoms with E-state index >= 15 is 0 Å². The van der Waals surface area contributed by atoms with Crippen LogP contribution in [0.1, 0.15) is 17.3 Å². The summed E-state index contributed by atoms with van der Waals surface area (Å²) in [6.45, 7) is 2.01. The van der Waals surface area contributed by atoms with E-state index < -0.39 is 11.8 Å². The van der Waals surface area contributed by atoms with Gasteiger partial charge in [0, 0.05) is 17.6 Å². The number of fused-ring (bicyclic) bond motifs is 1. The molecule has 0 amide bonds. The summed E-state index contributed by atoms with van der Waals surface area (Å²) in [5.41, 5.74) is 0.766. The first kappa shape index (κ1) is 11.8. The maximum absolute atomic E-state index is 13.2. The highest BCUT2D eigenvalue weighted by Gasteiger charge is 2.09. The van der Waals surface area contributed by atoms with Gasteiger partial charge in [0.15, 0.2) is 0 Å². The van der Waals surface area contributed by atoms with E-state index in [0.717, 1.165) is 0 Å². The van der Waals surface area contributed by atoms with Crippen molar-refractivity contribution in [2.45, 2.75) is 6.92 Å². The molecule has 0 atom stereocenters. The van der Waals surface area contributed by atoms with Crippen LogP contribution in [0, 0.1) is 5.82 Å². The molecular formula is C12H9ClFNO2. The van der Waals surface area contributed by atoms with Crippen LogP contribution in [-0.2, 0) is 4.74 Å². The van der Waals surface area contributed by atoms with Crippen molar-refractivity contribution in [2.24, 2.45) is 0 Å². The van der Waals surface area contributed by atoms with Crippen LogP contribution < -0.4 is 0 Å². The van der Waals surface area contributed by atoms with Gasteiger partial charge < -0.3 is 4.74 Å². The number of ether oxygens (including phenoxy) is 1. The van der Waals surface area contributed by atoms with Gasteiger partial charge in [0.25, 0.3) is 0 Å². The van der Waals surface area contributed by atoms with Gasteiger partial charge in [-0.2, -0.15) is 0 Å². The van der Waals surface area contributed by atoms with Crippen molar-refractivity contribution in [1.29, 1.82) is 0 Å². The summed E-state index contributed by atoms with van der Waals surface area (Å²) in [6, 6.07) is 4.24. The molecule has 17 heavy (non-hydrogen) atoms. The van der Waals surface area contributed by atoms with Crippen LogP contribution in [0.5, 0.6) is 0 Å². The zero-order valence-corrected chi connectivity index (χ0v) is 9.79.